The number of benzene rings is 1. The van der Waals surface area contributed by atoms with Crippen LogP contribution in [0, 0.1) is 6.92 Å². The molecule has 0 atom stereocenters. The number of nitrogens with zero attached hydrogens (tertiary/aromatic N) is 3. The number of alkyl halides is 3. The zero-order valence-corrected chi connectivity index (χ0v) is 10.5. The molecular formula is C14H10F3N3. The number of fused-ring (bicyclic) bond motifs is 1. The van der Waals surface area contributed by atoms with Crippen molar-refractivity contribution >= 4 is 10.9 Å². The number of para-hydroxylation sites is 1. The quantitative estimate of drug-likeness (QED) is 0.678. The highest BCUT2D eigenvalue weighted by molar-refractivity contribution is 5.83. The molecule has 102 valence electrons. The molecule has 3 aromatic rings. The molecule has 0 aliphatic rings. The van der Waals surface area contributed by atoms with Crippen LogP contribution in [0.4, 0.5) is 13.2 Å². The number of hydrogen-bond donors (Lipinski definition) is 0. The van der Waals surface area contributed by atoms with Gasteiger partial charge in [-0.05, 0) is 19.1 Å². The molecule has 0 amide bonds. The summed E-state index contributed by atoms with van der Waals surface area (Å²) in [6, 6.07) is 8.13. The summed E-state index contributed by atoms with van der Waals surface area (Å²) in [4.78, 5) is 3.79. The van der Waals surface area contributed by atoms with Crippen LogP contribution in [-0.4, -0.2) is 14.8 Å². The van der Waals surface area contributed by atoms with E-state index in [1.807, 2.05) is 12.1 Å². The van der Waals surface area contributed by atoms with Crippen molar-refractivity contribution in [2.75, 3.05) is 0 Å². The Bertz CT molecular complexity index is 775. The van der Waals surface area contributed by atoms with Gasteiger partial charge in [0.2, 0.25) is 0 Å². The van der Waals surface area contributed by atoms with Gasteiger partial charge in [0, 0.05) is 11.6 Å². The fourth-order valence-corrected chi connectivity index (χ4v) is 2.20. The first-order valence-corrected chi connectivity index (χ1v) is 5.94. The molecule has 0 bridgehead atoms. The molecule has 0 saturated heterocycles. The van der Waals surface area contributed by atoms with E-state index in [0.29, 0.717) is 11.2 Å². The molecule has 0 radical (unpaired) electrons. The smallest absolute Gasteiger partial charge is 0.262 e. The standard InChI is InChI=1S/C14H10F3N3/c1-9-10-4-2-3-5-12(10)20(19-9)13-8-18-7-6-11(13)14(15,16)17/h2-8H,1H3. The Morgan fingerprint density at radius 1 is 1.10 bits per heavy atom. The Morgan fingerprint density at radius 2 is 1.85 bits per heavy atom. The van der Waals surface area contributed by atoms with Crippen molar-refractivity contribution in [1.29, 1.82) is 0 Å². The normalized spacial score (nSPS) is 12.0. The molecule has 2 heterocycles. The van der Waals surface area contributed by atoms with Crippen LogP contribution in [0.2, 0.25) is 0 Å². The van der Waals surface area contributed by atoms with E-state index in [1.54, 1.807) is 19.1 Å². The minimum atomic E-state index is -4.45. The van der Waals surface area contributed by atoms with Crippen molar-refractivity contribution in [3.05, 3.63) is 54.0 Å². The van der Waals surface area contributed by atoms with Crippen molar-refractivity contribution in [2.45, 2.75) is 13.1 Å². The number of halogens is 3. The van der Waals surface area contributed by atoms with Crippen molar-refractivity contribution in [3.8, 4) is 5.69 Å². The van der Waals surface area contributed by atoms with Gasteiger partial charge in [0.25, 0.3) is 0 Å². The van der Waals surface area contributed by atoms with Gasteiger partial charge in [-0.1, -0.05) is 18.2 Å². The summed E-state index contributed by atoms with van der Waals surface area (Å²) in [5, 5.41) is 5.03. The van der Waals surface area contributed by atoms with Gasteiger partial charge in [-0.3, -0.25) is 4.98 Å². The van der Waals surface area contributed by atoms with Crippen LogP contribution < -0.4 is 0 Å². The molecule has 0 aliphatic heterocycles. The average Bonchev–Trinajstić information content (AvgIpc) is 2.76. The predicted octanol–water partition coefficient (Wildman–Crippen LogP) is 3.75. The molecule has 1 aromatic carbocycles. The van der Waals surface area contributed by atoms with E-state index in [2.05, 4.69) is 10.1 Å². The number of aryl methyl sites for hydroxylation is 1. The molecule has 0 spiro atoms. The Morgan fingerprint density at radius 3 is 2.60 bits per heavy atom. The van der Waals surface area contributed by atoms with E-state index >= 15 is 0 Å². The minimum Gasteiger partial charge on any atom is -0.262 e. The summed E-state index contributed by atoms with van der Waals surface area (Å²) in [5.41, 5.74) is 0.492. The third kappa shape index (κ3) is 1.93. The van der Waals surface area contributed by atoms with Crippen LogP contribution in [0.15, 0.2) is 42.7 Å². The highest BCUT2D eigenvalue weighted by Crippen LogP contribution is 2.34. The first kappa shape index (κ1) is 12.7. The molecule has 0 saturated carbocycles. The molecule has 3 nitrogen and oxygen atoms in total. The lowest BCUT2D eigenvalue weighted by Crippen LogP contribution is -2.12. The second-order valence-electron chi connectivity index (χ2n) is 4.40. The molecule has 0 unspecified atom stereocenters. The van der Waals surface area contributed by atoms with Gasteiger partial charge in [0.05, 0.1) is 28.7 Å². The van der Waals surface area contributed by atoms with Gasteiger partial charge in [0.1, 0.15) is 0 Å². The lowest BCUT2D eigenvalue weighted by molar-refractivity contribution is -0.137. The Hall–Kier alpha value is -2.37. The SMILES string of the molecule is Cc1nn(-c2cnccc2C(F)(F)F)c2ccccc12. The molecular weight excluding hydrogens is 267 g/mol. The summed E-state index contributed by atoms with van der Waals surface area (Å²) in [6.45, 7) is 1.77. The van der Waals surface area contributed by atoms with Crippen molar-refractivity contribution in [1.82, 2.24) is 14.8 Å². The average molecular weight is 277 g/mol. The summed E-state index contributed by atoms with van der Waals surface area (Å²) in [6.07, 6.45) is -2.13. The van der Waals surface area contributed by atoms with Gasteiger partial charge in [0.15, 0.2) is 0 Å². The maximum absolute atomic E-state index is 13.1. The van der Waals surface area contributed by atoms with Crippen LogP contribution in [-0.2, 0) is 6.18 Å². The first-order chi connectivity index (χ1) is 9.48. The van der Waals surface area contributed by atoms with E-state index in [9.17, 15) is 13.2 Å². The van der Waals surface area contributed by atoms with Crippen molar-refractivity contribution < 1.29 is 13.2 Å². The first-order valence-electron chi connectivity index (χ1n) is 5.94. The van der Waals surface area contributed by atoms with Gasteiger partial charge in [-0.25, -0.2) is 4.68 Å². The monoisotopic (exact) mass is 277 g/mol. The lowest BCUT2D eigenvalue weighted by atomic mass is 10.2. The Balaban J connectivity index is 2.33. The lowest BCUT2D eigenvalue weighted by Gasteiger charge is -2.12. The highest BCUT2D eigenvalue weighted by atomic mass is 19.4. The van der Waals surface area contributed by atoms with E-state index in [1.165, 1.54) is 10.9 Å². The molecule has 0 fully saturated rings. The third-order valence-electron chi connectivity index (χ3n) is 3.11. The van der Waals surface area contributed by atoms with Crippen molar-refractivity contribution in [3.63, 3.8) is 0 Å². The fourth-order valence-electron chi connectivity index (χ4n) is 2.20. The molecule has 20 heavy (non-hydrogen) atoms. The molecule has 6 heteroatoms. The summed E-state index contributed by atoms with van der Waals surface area (Å²) < 4.78 is 40.5. The zero-order chi connectivity index (χ0) is 14.3. The van der Waals surface area contributed by atoms with Crippen LogP contribution in [0.5, 0.6) is 0 Å². The summed E-state index contributed by atoms with van der Waals surface area (Å²) >= 11 is 0. The second-order valence-corrected chi connectivity index (χ2v) is 4.40. The molecule has 0 aliphatic carbocycles. The van der Waals surface area contributed by atoms with E-state index < -0.39 is 11.7 Å². The predicted molar refractivity (Wildman–Crippen MR) is 68.6 cm³/mol. The fraction of sp³-hybridized carbons (Fsp3) is 0.143. The van der Waals surface area contributed by atoms with E-state index in [0.717, 1.165) is 17.6 Å². The second kappa shape index (κ2) is 4.33. The minimum absolute atomic E-state index is 0.0655. The van der Waals surface area contributed by atoms with Gasteiger partial charge < -0.3 is 0 Å². The molecule has 0 N–H and O–H groups in total. The maximum atomic E-state index is 13.1. The molecule has 2 aromatic heterocycles. The largest absolute Gasteiger partial charge is 0.418 e. The highest BCUT2D eigenvalue weighted by Gasteiger charge is 2.34. The maximum Gasteiger partial charge on any atom is 0.418 e. The van der Waals surface area contributed by atoms with Crippen LogP contribution in [0.25, 0.3) is 16.6 Å². The summed E-state index contributed by atoms with van der Waals surface area (Å²) in [7, 11) is 0. The topological polar surface area (TPSA) is 30.7 Å². The zero-order valence-electron chi connectivity index (χ0n) is 10.5. The summed E-state index contributed by atoms with van der Waals surface area (Å²) in [5.74, 6) is 0. The van der Waals surface area contributed by atoms with Gasteiger partial charge >= 0.3 is 6.18 Å². The van der Waals surface area contributed by atoms with Crippen LogP contribution >= 0.6 is 0 Å². The third-order valence-corrected chi connectivity index (χ3v) is 3.11. The van der Waals surface area contributed by atoms with Crippen molar-refractivity contribution in [2.24, 2.45) is 0 Å². The van der Waals surface area contributed by atoms with Gasteiger partial charge in [-0.15, -0.1) is 0 Å². The molecule has 3 rings (SSSR count). The Labute approximate surface area is 112 Å². The van der Waals surface area contributed by atoms with Crippen LogP contribution in [0.3, 0.4) is 0 Å². The van der Waals surface area contributed by atoms with E-state index in [-0.39, 0.29) is 5.69 Å². The van der Waals surface area contributed by atoms with E-state index in [4.69, 9.17) is 0 Å². The number of rotatable bonds is 1. The number of aromatic nitrogens is 3. The van der Waals surface area contributed by atoms with Gasteiger partial charge in [-0.2, -0.15) is 18.3 Å². The Kier molecular flexibility index (Phi) is 2.74. The number of pyridine rings is 1. The van der Waals surface area contributed by atoms with Crippen LogP contribution in [0.1, 0.15) is 11.3 Å². The number of hydrogen-bond acceptors (Lipinski definition) is 2.